The van der Waals surface area contributed by atoms with Gasteiger partial charge in [0, 0.05) is 68.6 Å². The van der Waals surface area contributed by atoms with Gasteiger partial charge in [-0.25, -0.2) is 4.79 Å². The monoisotopic (exact) mass is 681 g/mol. The first-order valence-corrected chi connectivity index (χ1v) is 17.9. The van der Waals surface area contributed by atoms with Gasteiger partial charge in [-0.2, -0.15) is 0 Å². The summed E-state index contributed by atoms with van der Waals surface area (Å²) >= 11 is 1.56. The van der Waals surface area contributed by atoms with Crippen LogP contribution in [0.4, 0.5) is 11.4 Å². The van der Waals surface area contributed by atoms with E-state index in [1.54, 1.807) is 27.2 Å². The summed E-state index contributed by atoms with van der Waals surface area (Å²) in [7, 11) is 1.93. The molecule has 2 aromatic heterocycles. The molecule has 0 N–H and O–H groups in total. The Morgan fingerprint density at radius 3 is 2.20 bits per heavy atom. The van der Waals surface area contributed by atoms with E-state index in [-0.39, 0.29) is 17.8 Å². The molecule has 0 bridgehead atoms. The van der Waals surface area contributed by atoms with Crippen LogP contribution in [0, 0.1) is 0 Å². The molecule has 3 aromatic carbocycles. The summed E-state index contributed by atoms with van der Waals surface area (Å²) < 4.78 is 24.5. The van der Waals surface area contributed by atoms with E-state index in [4.69, 9.17) is 14.2 Å². The van der Waals surface area contributed by atoms with Crippen molar-refractivity contribution in [1.29, 1.82) is 0 Å². The zero-order valence-corrected chi connectivity index (χ0v) is 29.0. The second-order valence-corrected chi connectivity index (χ2v) is 13.5. The van der Waals surface area contributed by atoms with Crippen molar-refractivity contribution in [1.82, 2.24) is 23.9 Å². The topological polar surface area (TPSA) is 91.8 Å². The summed E-state index contributed by atoms with van der Waals surface area (Å²) in [5.41, 5.74) is 4.21. The van der Waals surface area contributed by atoms with Crippen LogP contribution in [0.2, 0.25) is 0 Å². The Kier molecular flexibility index (Phi) is 9.79. The van der Waals surface area contributed by atoms with Gasteiger partial charge in [0.25, 0.3) is 0 Å². The van der Waals surface area contributed by atoms with Crippen molar-refractivity contribution in [3.8, 4) is 11.4 Å². The fourth-order valence-electron chi connectivity index (χ4n) is 6.32. The largest absolute Gasteiger partial charge is 0.491 e. The van der Waals surface area contributed by atoms with Crippen molar-refractivity contribution in [3.63, 3.8) is 0 Å². The van der Waals surface area contributed by atoms with E-state index >= 15 is 0 Å². The van der Waals surface area contributed by atoms with Crippen molar-refractivity contribution >= 4 is 23.1 Å². The first-order chi connectivity index (χ1) is 23.9. The fraction of sp³-hybridized carbons (Fsp3) is 0.378. The number of hydrogen-bond donors (Lipinski definition) is 0. The number of ether oxygens (including phenoxy) is 3. The van der Waals surface area contributed by atoms with Crippen LogP contribution in [0.15, 0.2) is 108 Å². The smallest absolute Gasteiger partial charge is 0.332 e. The van der Waals surface area contributed by atoms with Crippen LogP contribution in [-0.4, -0.2) is 75.1 Å². The molecule has 0 aliphatic carbocycles. The molecule has 0 spiro atoms. The van der Waals surface area contributed by atoms with Gasteiger partial charge in [0.15, 0.2) is 5.16 Å². The summed E-state index contributed by atoms with van der Waals surface area (Å²) in [5.74, 6) is 0.455. The van der Waals surface area contributed by atoms with Gasteiger partial charge in [-0.1, -0.05) is 49.0 Å². The molecule has 49 heavy (non-hydrogen) atoms. The van der Waals surface area contributed by atoms with Gasteiger partial charge in [-0.15, -0.1) is 10.2 Å². The highest BCUT2D eigenvalue weighted by Crippen LogP contribution is 2.39. The molecular formula is C37H43N7O4S. The number of aromatic nitrogens is 5. The van der Waals surface area contributed by atoms with Gasteiger partial charge in [-0.05, 0) is 61.9 Å². The molecule has 2 aliphatic rings. The summed E-state index contributed by atoms with van der Waals surface area (Å²) in [6.45, 7) is 8.65. The minimum atomic E-state index is -0.890. The third kappa shape index (κ3) is 7.12. The Morgan fingerprint density at radius 1 is 0.918 bits per heavy atom. The highest BCUT2D eigenvalue weighted by atomic mass is 32.2. The maximum absolute atomic E-state index is 12.9. The maximum Gasteiger partial charge on any atom is 0.332 e. The van der Waals surface area contributed by atoms with Gasteiger partial charge in [0.2, 0.25) is 5.79 Å². The standard InChI is InChI=1S/C37H43N7O4S/c1-4-28(2)43-22-23-44(36(43)45)32-12-10-30(11-13-32)41-18-20-42(21-19-41)31-14-16-33(17-15-31)46-24-34-25-47-37(48-34,29-8-6-5-7-9-29)26-49-35-39-38-27-40(35)3/h5-17,22-23,27-28,34H,4,18-21,24-26H2,1-3H3/t28-,34?,37-/m1/s1. The molecule has 11 nitrogen and oxygen atoms in total. The molecular weight excluding hydrogens is 639 g/mol. The van der Waals surface area contributed by atoms with Crippen LogP contribution in [0.5, 0.6) is 5.75 Å². The molecule has 7 rings (SSSR count). The van der Waals surface area contributed by atoms with E-state index in [0.717, 1.165) is 54.8 Å². The van der Waals surface area contributed by atoms with Gasteiger partial charge >= 0.3 is 5.69 Å². The maximum atomic E-state index is 12.9. The van der Waals surface area contributed by atoms with Crippen molar-refractivity contribution < 1.29 is 14.2 Å². The fourth-order valence-corrected chi connectivity index (χ4v) is 7.31. The normalized spacial score (nSPS) is 20.1. The first-order valence-electron chi connectivity index (χ1n) is 16.9. The van der Waals surface area contributed by atoms with Gasteiger partial charge in [0.05, 0.1) is 18.0 Å². The first kappa shape index (κ1) is 33.0. The summed E-state index contributed by atoms with van der Waals surface area (Å²) in [5, 5.41) is 8.99. The molecule has 4 heterocycles. The van der Waals surface area contributed by atoms with Crippen molar-refractivity contribution in [2.45, 2.75) is 43.4 Å². The Balaban J connectivity index is 0.908. The van der Waals surface area contributed by atoms with Crippen LogP contribution in [0.25, 0.3) is 5.69 Å². The predicted molar refractivity (Wildman–Crippen MR) is 192 cm³/mol. The minimum Gasteiger partial charge on any atom is -0.491 e. The lowest BCUT2D eigenvalue weighted by atomic mass is 10.1. The third-order valence-electron chi connectivity index (χ3n) is 9.41. The Labute approximate surface area is 291 Å². The minimum absolute atomic E-state index is 0.00264. The predicted octanol–water partition coefficient (Wildman–Crippen LogP) is 5.50. The lowest BCUT2D eigenvalue weighted by Gasteiger charge is -2.37. The number of benzene rings is 3. The molecule has 12 heteroatoms. The average molecular weight is 682 g/mol. The van der Waals surface area contributed by atoms with Crippen LogP contribution < -0.4 is 20.2 Å². The molecule has 1 unspecified atom stereocenters. The average Bonchev–Trinajstić information content (AvgIpc) is 3.88. The Morgan fingerprint density at radius 2 is 1.57 bits per heavy atom. The second-order valence-electron chi connectivity index (χ2n) is 12.6. The van der Waals surface area contributed by atoms with Crippen LogP contribution in [-0.2, 0) is 22.3 Å². The number of anilines is 2. The lowest BCUT2D eigenvalue weighted by molar-refractivity contribution is -0.160. The van der Waals surface area contributed by atoms with E-state index in [0.29, 0.717) is 19.0 Å². The SMILES string of the molecule is CC[C@@H](C)n1ccn(-c2ccc(N3CCN(c4ccc(OCC5CO[C@@](CSc6nncn6C)(c6ccccc6)O5)cc4)CC3)cc2)c1=O. The van der Waals surface area contributed by atoms with Crippen molar-refractivity contribution in [3.05, 3.63) is 114 Å². The molecule has 256 valence electrons. The number of hydrogen-bond acceptors (Lipinski definition) is 9. The van der Waals surface area contributed by atoms with Crippen molar-refractivity contribution in [2.75, 3.05) is 54.9 Å². The highest BCUT2D eigenvalue weighted by Gasteiger charge is 2.44. The van der Waals surface area contributed by atoms with E-state index in [2.05, 4.69) is 58.1 Å². The van der Waals surface area contributed by atoms with Gasteiger partial charge in [-0.3, -0.25) is 9.13 Å². The zero-order chi connectivity index (χ0) is 33.8. The molecule has 0 radical (unpaired) electrons. The number of thioether (sulfide) groups is 1. The van der Waals surface area contributed by atoms with Crippen molar-refractivity contribution in [2.24, 2.45) is 7.05 Å². The van der Waals surface area contributed by atoms with Gasteiger partial charge in [0.1, 0.15) is 24.8 Å². The Hall–Kier alpha value is -4.52. The number of imidazole rings is 1. The molecule has 2 aliphatic heterocycles. The molecule has 0 amide bonds. The zero-order valence-electron chi connectivity index (χ0n) is 28.2. The number of aryl methyl sites for hydroxylation is 1. The second kappa shape index (κ2) is 14.5. The Bertz CT molecular complexity index is 1870. The van der Waals surface area contributed by atoms with E-state index in [1.807, 2.05) is 78.6 Å². The van der Waals surface area contributed by atoms with Crippen LogP contribution in [0.3, 0.4) is 0 Å². The van der Waals surface area contributed by atoms with Gasteiger partial charge < -0.3 is 28.6 Å². The van der Waals surface area contributed by atoms with E-state index in [1.165, 1.54) is 11.4 Å². The summed E-state index contributed by atoms with van der Waals surface area (Å²) in [6, 6.07) is 26.8. The molecule has 2 saturated heterocycles. The quantitative estimate of drug-likeness (QED) is 0.158. The van der Waals surface area contributed by atoms with Crippen LogP contribution >= 0.6 is 11.8 Å². The number of rotatable bonds is 12. The number of nitrogens with zero attached hydrogens (tertiary/aromatic N) is 7. The summed E-state index contributed by atoms with van der Waals surface area (Å²) in [4.78, 5) is 17.7. The third-order valence-corrected chi connectivity index (χ3v) is 10.6. The van der Waals surface area contributed by atoms with E-state index < -0.39 is 5.79 Å². The van der Waals surface area contributed by atoms with E-state index in [9.17, 15) is 4.79 Å². The lowest BCUT2D eigenvalue weighted by Crippen LogP contribution is -2.46. The molecule has 2 fully saturated rings. The highest BCUT2D eigenvalue weighted by molar-refractivity contribution is 7.99. The molecule has 5 aromatic rings. The number of piperazine rings is 1. The molecule has 3 atom stereocenters. The van der Waals surface area contributed by atoms with Crippen LogP contribution in [0.1, 0.15) is 31.9 Å². The molecule has 0 saturated carbocycles. The summed E-state index contributed by atoms with van der Waals surface area (Å²) in [6.07, 6.45) is 6.13.